The lowest BCUT2D eigenvalue weighted by atomic mass is 9.92. The van der Waals surface area contributed by atoms with Gasteiger partial charge in [-0.1, -0.05) is 56.2 Å². The summed E-state index contributed by atoms with van der Waals surface area (Å²) in [6.07, 6.45) is 6.89. The van der Waals surface area contributed by atoms with Gasteiger partial charge in [-0.05, 0) is 79.3 Å². The number of benzene rings is 2. The molecule has 0 aliphatic heterocycles. The van der Waals surface area contributed by atoms with Gasteiger partial charge >= 0.3 is 0 Å². The van der Waals surface area contributed by atoms with Crippen LogP contribution in [0.25, 0.3) is 45.6 Å². The minimum Gasteiger partial charge on any atom is -0.275 e. The first-order valence-corrected chi connectivity index (χ1v) is 10.4. The van der Waals surface area contributed by atoms with Gasteiger partial charge in [0, 0.05) is 16.3 Å². The van der Waals surface area contributed by atoms with Crippen LogP contribution in [-0.4, -0.2) is 4.40 Å². The Morgan fingerprint density at radius 2 is 1.45 bits per heavy atom. The standard InChI is InChI=1S/C26H23NO.C3H6/c1-7-19-20(8-2)26(28)27-24(9-3)17(6)22-13-18(14-23(19)25(22)27)21-12-10-11-15(4)16(21)5;1-3-2/h7-14H,1-3H2,4-6H3;3H,1H2,2H3. The van der Waals surface area contributed by atoms with Gasteiger partial charge < -0.3 is 0 Å². The van der Waals surface area contributed by atoms with Crippen LogP contribution >= 0.6 is 0 Å². The molecular formula is C29H29NO. The predicted octanol–water partition coefficient (Wildman–Crippen LogP) is 7.60. The lowest BCUT2D eigenvalue weighted by molar-refractivity contribution is 1.10. The Balaban J connectivity index is 0.000000858. The fraction of sp³-hybridized carbons (Fsp3) is 0.138. The zero-order chi connectivity index (χ0) is 22.9. The molecule has 0 aliphatic rings. The van der Waals surface area contributed by atoms with Crippen LogP contribution in [0.5, 0.6) is 0 Å². The van der Waals surface area contributed by atoms with E-state index in [1.807, 2.05) is 13.8 Å². The van der Waals surface area contributed by atoms with Gasteiger partial charge in [-0.3, -0.25) is 9.20 Å². The van der Waals surface area contributed by atoms with E-state index in [9.17, 15) is 4.79 Å². The molecule has 2 heterocycles. The van der Waals surface area contributed by atoms with E-state index in [-0.39, 0.29) is 5.56 Å². The molecule has 2 aromatic heterocycles. The molecular weight excluding hydrogens is 378 g/mol. The van der Waals surface area contributed by atoms with Crippen LogP contribution in [0, 0.1) is 20.8 Å². The van der Waals surface area contributed by atoms with Crippen LogP contribution in [0.4, 0.5) is 0 Å². The third-order valence-electron chi connectivity index (χ3n) is 5.89. The Bertz CT molecular complexity index is 1400. The SMILES string of the molecule is C=CC.C=Cc1c(C=C)c2cc(-c3cccc(C)c3C)cc3c(C)c(C=C)n(c1=O)c32. The van der Waals surface area contributed by atoms with Crippen LogP contribution in [0.2, 0.25) is 0 Å². The maximum Gasteiger partial charge on any atom is 0.263 e. The van der Waals surface area contributed by atoms with Crippen LogP contribution in [0.1, 0.15) is 40.4 Å². The van der Waals surface area contributed by atoms with Crippen LogP contribution in [-0.2, 0) is 0 Å². The molecule has 0 radical (unpaired) electrons. The maximum absolute atomic E-state index is 13.2. The second-order valence-electron chi connectivity index (χ2n) is 7.67. The summed E-state index contributed by atoms with van der Waals surface area (Å²) in [6, 6.07) is 10.7. The number of hydrogen-bond donors (Lipinski definition) is 0. The number of aromatic nitrogens is 1. The Morgan fingerprint density at radius 3 is 2.03 bits per heavy atom. The fourth-order valence-electron chi connectivity index (χ4n) is 4.27. The van der Waals surface area contributed by atoms with Gasteiger partial charge in [0.25, 0.3) is 5.56 Å². The molecule has 2 nitrogen and oxygen atoms in total. The van der Waals surface area contributed by atoms with Crippen LogP contribution in [0.3, 0.4) is 0 Å². The summed E-state index contributed by atoms with van der Waals surface area (Å²) < 4.78 is 1.77. The normalized spacial score (nSPS) is 10.6. The quantitative estimate of drug-likeness (QED) is 0.319. The summed E-state index contributed by atoms with van der Waals surface area (Å²) in [6.45, 7) is 23.4. The lowest BCUT2D eigenvalue weighted by Crippen LogP contribution is -2.18. The van der Waals surface area contributed by atoms with Crippen LogP contribution in [0.15, 0.2) is 67.5 Å². The van der Waals surface area contributed by atoms with Gasteiger partial charge in [-0.2, -0.15) is 0 Å². The number of hydrogen-bond acceptors (Lipinski definition) is 1. The van der Waals surface area contributed by atoms with Crippen molar-refractivity contribution in [2.45, 2.75) is 27.7 Å². The van der Waals surface area contributed by atoms with Crippen molar-refractivity contribution in [3.05, 3.63) is 107 Å². The minimum atomic E-state index is -0.0788. The zero-order valence-electron chi connectivity index (χ0n) is 18.9. The molecule has 4 aromatic rings. The topological polar surface area (TPSA) is 21.5 Å². The molecule has 2 heteroatoms. The molecule has 0 N–H and O–H groups in total. The van der Waals surface area contributed by atoms with E-state index in [4.69, 9.17) is 0 Å². The number of pyridine rings is 1. The van der Waals surface area contributed by atoms with Crippen molar-refractivity contribution in [1.29, 1.82) is 0 Å². The van der Waals surface area contributed by atoms with Gasteiger partial charge in [-0.15, -0.1) is 6.58 Å². The van der Waals surface area contributed by atoms with E-state index in [1.54, 1.807) is 28.7 Å². The van der Waals surface area contributed by atoms with Gasteiger partial charge in [0.2, 0.25) is 0 Å². The molecule has 0 amide bonds. The molecule has 0 bridgehead atoms. The molecule has 0 unspecified atom stereocenters. The number of allylic oxidation sites excluding steroid dienone is 1. The summed E-state index contributed by atoms with van der Waals surface area (Å²) in [5, 5.41) is 2.08. The molecule has 0 saturated carbocycles. The summed E-state index contributed by atoms with van der Waals surface area (Å²) in [4.78, 5) is 13.2. The smallest absolute Gasteiger partial charge is 0.263 e. The zero-order valence-corrected chi connectivity index (χ0v) is 18.9. The van der Waals surface area contributed by atoms with Crippen molar-refractivity contribution in [1.82, 2.24) is 4.40 Å². The molecule has 0 spiro atoms. The second-order valence-corrected chi connectivity index (χ2v) is 7.67. The molecule has 4 rings (SSSR count). The first-order chi connectivity index (χ1) is 14.9. The third-order valence-corrected chi connectivity index (χ3v) is 5.89. The van der Waals surface area contributed by atoms with Crippen molar-refractivity contribution >= 4 is 34.5 Å². The van der Waals surface area contributed by atoms with E-state index in [0.29, 0.717) is 5.56 Å². The van der Waals surface area contributed by atoms with E-state index in [1.165, 1.54) is 16.7 Å². The van der Waals surface area contributed by atoms with Crippen LogP contribution < -0.4 is 5.56 Å². The Kier molecular flexibility index (Phi) is 6.12. The number of aryl methyl sites for hydroxylation is 2. The molecule has 0 aliphatic carbocycles. The van der Waals surface area contributed by atoms with E-state index >= 15 is 0 Å². The highest BCUT2D eigenvalue weighted by atomic mass is 16.1. The largest absolute Gasteiger partial charge is 0.275 e. The highest BCUT2D eigenvalue weighted by molar-refractivity contribution is 6.07. The molecule has 0 atom stereocenters. The average Bonchev–Trinajstić information content (AvgIpc) is 3.05. The molecule has 156 valence electrons. The highest BCUT2D eigenvalue weighted by Gasteiger charge is 2.21. The summed E-state index contributed by atoms with van der Waals surface area (Å²) in [5.74, 6) is 0. The lowest BCUT2D eigenvalue weighted by Gasteiger charge is -2.13. The predicted molar refractivity (Wildman–Crippen MR) is 138 cm³/mol. The molecule has 0 saturated heterocycles. The monoisotopic (exact) mass is 407 g/mol. The van der Waals surface area contributed by atoms with Crippen molar-refractivity contribution in [2.24, 2.45) is 0 Å². The summed E-state index contributed by atoms with van der Waals surface area (Å²) in [5.41, 5.74) is 8.99. The van der Waals surface area contributed by atoms with Gasteiger partial charge in [0.15, 0.2) is 0 Å². The van der Waals surface area contributed by atoms with Crippen molar-refractivity contribution in [2.75, 3.05) is 0 Å². The fourth-order valence-corrected chi connectivity index (χ4v) is 4.27. The third kappa shape index (κ3) is 3.34. The first kappa shape index (κ1) is 22.0. The van der Waals surface area contributed by atoms with Gasteiger partial charge in [0.05, 0.1) is 11.2 Å². The van der Waals surface area contributed by atoms with Crippen molar-refractivity contribution in [3.8, 4) is 11.1 Å². The van der Waals surface area contributed by atoms with E-state index < -0.39 is 0 Å². The van der Waals surface area contributed by atoms with E-state index in [2.05, 4.69) is 70.5 Å². The molecule has 2 aromatic carbocycles. The summed E-state index contributed by atoms with van der Waals surface area (Å²) in [7, 11) is 0. The van der Waals surface area contributed by atoms with E-state index in [0.717, 1.165) is 38.7 Å². The van der Waals surface area contributed by atoms with Crippen molar-refractivity contribution in [3.63, 3.8) is 0 Å². The maximum atomic E-state index is 13.2. The van der Waals surface area contributed by atoms with Crippen molar-refractivity contribution < 1.29 is 0 Å². The Morgan fingerprint density at radius 1 is 0.839 bits per heavy atom. The highest BCUT2D eigenvalue weighted by Crippen LogP contribution is 2.37. The average molecular weight is 408 g/mol. The molecule has 31 heavy (non-hydrogen) atoms. The Labute approximate surface area is 184 Å². The van der Waals surface area contributed by atoms with Gasteiger partial charge in [0.1, 0.15) is 0 Å². The van der Waals surface area contributed by atoms with Gasteiger partial charge in [-0.25, -0.2) is 0 Å². The molecule has 0 fully saturated rings. The number of rotatable bonds is 4. The number of nitrogens with zero attached hydrogens (tertiary/aromatic N) is 1. The second kappa shape index (κ2) is 8.61. The summed E-state index contributed by atoms with van der Waals surface area (Å²) >= 11 is 0. The Hall–Kier alpha value is -3.65. The minimum absolute atomic E-state index is 0.0788. The first-order valence-electron chi connectivity index (χ1n) is 10.4.